The van der Waals surface area contributed by atoms with E-state index in [4.69, 9.17) is 0 Å². The zero-order valence-corrected chi connectivity index (χ0v) is 18.4. The van der Waals surface area contributed by atoms with Crippen LogP contribution in [0.5, 0.6) is 0 Å². The van der Waals surface area contributed by atoms with Crippen molar-refractivity contribution in [3.05, 3.63) is 78.5 Å². The summed E-state index contributed by atoms with van der Waals surface area (Å²) in [6.45, 7) is 6.05. The first-order valence-electron chi connectivity index (χ1n) is 11.8. The Labute approximate surface area is 188 Å². The molecule has 1 N–H and O–H groups in total. The molecule has 2 saturated heterocycles. The maximum absolute atomic E-state index is 3.94. The highest BCUT2D eigenvalue weighted by atomic mass is 15.3. The van der Waals surface area contributed by atoms with Crippen molar-refractivity contribution in [2.75, 3.05) is 32.7 Å². The van der Waals surface area contributed by atoms with Crippen molar-refractivity contribution in [3.8, 4) is 5.69 Å². The summed E-state index contributed by atoms with van der Waals surface area (Å²) >= 11 is 0. The first-order chi connectivity index (χ1) is 15.8. The van der Waals surface area contributed by atoms with Gasteiger partial charge < -0.3 is 9.88 Å². The van der Waals surface area contributed by atoms with E-state index in [2.05, 4.69) is 79.7 Å². The van der Waals surface area contributed by atoms with Gasteiger partial charge in [-0.15, -0.1) is 10.2 Å². The van der Waals surface area contributed by atoms with Gasteiger partial charge in [-0.2, -0.15) is 0 Å². The molecule has 2 aromatic carbocycles. The number of nitrogens with one attached hydrogen (secondary N) is 1. The molecule has 2 atom stereocenters. The number of aromatic nitrogens is 4. The predicted octanol–water partition coefficient (Wildman–Crippen LogP) is 3.54. The van der Waals surface area contributed by atoms with Crippen LogP contribution in [0.25, 0.3) is 16.6 Å². The molecule has 0 bridgehead atoms. The monoisotopic (exact) mass is 426 g/mol. The fourth-order valence-electron chi connectivity index (χ4n) is 5.66. The lowest BCUT2D eigenvalue weighted by Crippen LogP contribution is -2.36. The van der Waals surface area contributed by atoms with E-state index in [1.54, 1.807) is 12.7 Å². The quantitative estimate of drug-likeness (QED) is 0.491. The lowest BCUT2D eigenvalue weighted by atomic mass is 10.0. The van der Waals surface area contributed by atoms with E-state index < -0.39 is 0 Å². The first-order valence-corrected chi connectivity index (χ1v) is 11.8. The van der Waals surface area contributed by atoms with Gasteiger partial charge in [-0.05, 0) is 61.1 Å². The Morgan fingerprint density at radius 1 is 0.938 bits per heavy atom. The summed E-state index contributed by atoms with van der Waals surface area (Å²) in [7, 11) is 0. The molecule has 6 rings (SSSR count). The van der Waals surface area contributed by atoms with Gasteiger partial charge in [0.15, 0.2) is 0 Å². The van der Waals surface area contributed by atoms with Crippen LogP contribution in [0.15, 0.2) is 67.4 Å². The second-order valence-electron chi connectivity index (χ2n) is 9.31. The molecule has 2 aliphatic heterocycles. The van der Waals surface area contributed by atoms with Crippen molar-refractivity contribution in [2.24, 2.45) is 5.92 Å². The van der Waals surface area contributed by atoms with Crippen molar-refractivity contribution in [1.82, 2.24) is 29.5 Å². The van der Waals surface area contributed by atoms with Crippen molar-refractivity contribution in [1.29, 1.82) is 0 Å². The minimum atomic E-state index is 0.726. The van der Waals surface area contributed by atoms with Crippen LogP contribution in [0.1, 0.15) is 17.5 Å². The van der Waals surface area contributed by atoms with Crippen LogP contribution in [0, 0.1) is 5.92 Å². The van der Waals surface area contributed by atoms with Crippen molar-refractivity contribution in [3.63, 3.8) is 0 Å². The third-order valence-electron chi connectivity index (χ3n) is 7.43. The van der Waals surface area contributed by atoms with Gasteiger partial charge in [-0.1, -0.05) is 30.3 Å². The number of hydrogen-bond donors (Lipinski definition) is 1. The average molecular weight is 427 g/mol. The van der Waals surface area contributed by atoms with Gasteiger partial charge in [0.2, 0.25) is 0 Å². The summed E-state index contributed by atoms with van der Waals surface area (Å²) in [6, 6.07) is 18.1. The van der Waals surface area contributed by atoms with Crippen LogP contribution in [-0.4, -0.2) is 68.3 Å². The lowest BCUT2D eigenvalue weighted by Gasteiger charge is -2.24. The highest BCUT2D eigenvalue weighted by Crippen LogP contribution is 2.32. The zero-order valence-electron chi connectivity index (χ0n) is 18.4. The van der Waals surface area contributed by atoms with Crippen LogP contribution in [-0.2, 0) is 12.8 Å². The molecule has 164 valence electrons. The average Bonchev–Trinajstić information content (AvgIpc) is 3.61. The first kappa shape index (κ1) is 19.7. The molecule has 4 aromatic rings. The number of aromatic amines is 1. The molecule has 0 saturated carbocycles. The molecule has 6 heteroatoms. The summed E-state index contributed by atoms with van der Waals surface area (Å²) in [5.41, 5.74) is 5.16. The van der Waals surface area contributed by atoms with E-state index in [0.717, 1.165) is 37.0 Å². The number of nitrogens with zero attached hydrogens (tertiary/aromatic N) is 5. The molecule has 0 radical (unpaired) electrons. The molecule has 2 aliphatic rings. The molecule has 6 nitrogen and oxygen atoms in total. The number of fused-ring (bicyclic) bond motifs is 2. The van der Waals surface area contributed by atoms with E-state index >= 15 is 0 Å². The maximum atomic E-state index is 3.94. The topological polar surface area (TPSA) is 53.0 Å². The number of hydrogen-bond acceptors (Lipinski definition) is 4. The van der Waals surface area contributed by atoms with Crippen LogP contribution < -0.4 is 0 Å². The van der Waals surface area contributed by atoms with Gasteiger partial charge in [0, 0.05) is 55.0 Å². The Morgan fingerprint density at radius 3 is 2.69 bits per heavy atom. The lowest BCUT2D eigenvalue weighted by molar-refractivity contribution is 0.227. The van der Waals surface area contributed by atoms with Crippen LogP contribution in [0.3, 0.4) is 0 Å². The Bertz CT molecular complexity index is 1170. The second kappa shape index (κ2) is 8.52. The molecule has 4 heterocycles. The minimum absolute atomic E-state index is 0.726. The van der Waals surface area contributed by atoms with Crippen molar-refractivity contribution in [2.45, 2.75) is 25.3 Å². The smallest absolute Gasteiger partial charge is 0.123 e. The van der Waals surface area contributed by atoms with E-state index in [9.17, 15) is 0 Å². The Hall–Kier alpha value is -2.96. The van der Waals surface area contributed by atoms with Crippen LogP contribution >= 0.6 is 0 Å². The fraction of sp³-hybridized carbons (Fsp3) is 0.385. The van der Waals surface area contributed by atoms with Gasteiger partial charge in [0.05, 0.1) is 0 Å². The largest absolute Gasteiger partial charge is 0.361 e. The van der Waals surface area contributed by atoms with Gasteiger partial charge in [-0.3, -0.25) is 9.47 Å². The molecule has 0 spiro atoms. The van der Waals surface area contributed by atoms with E-state index in [1.165, 1.54) is 54.6 Å². The molecule has 0 amide bonds. The zero-order chi connectivity index (χ0) is 21.3. The number of likely N-dealkylation sites (tertiary alicyclic amines) is 2. The number of rotatable bonds is 7. The maximum Gasteiger partial charge on any atom is 0.123 e. The van der Waals surface area contributed by atoms with Crippen molar-refractivity contribution < 1.29 is 0 Å². The molecule has 0 aliphatic carbocycles. The van der Waals surface area contributed by atoms with E-state index in [-0.39, 0.29) is 0 Å². The molecule has 2 fully saturated rings. The number of benzene rings is 2. The number of H-pyrrole nitrogens is 1. The SMILES string of the molecule is c1ccc(CCN2C[C@H]3CCN(CCc4c[nH]c5ccc(-n6cnnc6)cc45)[C@H]3C2)cc1. The minimum Gasteiger partial charge on any atom is -0.361 e. The Morgan fingerprint density at radius 2 is 1.81 bits per heavy atom. The van der Waals surface area contributed by atoms with Crippen molar-refractivity contribution >= 4 is 10.9 Å². The summed E-state index contributed by atoms with van der Waals surface area (Å²) in [6.07, 6.45) is 9.28. The standard InChI is InChI=1S/C26H30N6/c1-2-4-20(5-3-1)8-11-30-16-22-10-13-31(26(22)17-30)12-9-21-15-27-25-7-6-23(14-24(21)25)32-18-28-29-19-32/h1-7,14-15,18-19,22,26-27H,8-13,16-17H2/t22-,26+/m1/s1. The normalized spacial score (nSPS) is 21.5. The van der Waals surface area contributed by atoms with E-state index in [0.29, 0.717) is 0 Å². The summed E-state index contributed by atoms with van der Waals surface area (Å²) in [5, 5.41) is 9.19. The fourth-order valence-corrected chi connectivity index (χ4v) is 5.66. The van der Waals surface area contributed by atoms with Gasteiger partial charge in [0.25, 0.3) is 0 Å². The molecule has 32 heavy (non-hydrogen) atoms. The molecule has 2 aromatic heterocycles. The van der Waals surface area contributed by atoms with Gasteiger partial charge in [-0.25, -0.2) is 0 Å². The second-order valence-corrected chi connectivity index (χ2v) is 9.31. The van der Waals surface area contributed by atoms with Gasteiger partial charge >= 0.3 is 0 Å². The van der Waals surface area contributed by atoms with Crippen LogP contribution in [0.2, 0.25) is 0 Å². The highest BCUT2D eigenvalue weighted by Gasteiger charge is 2.40. The predicted molar refractivity (Wildman–Crippen MR) is 127 cm³/mol. The molecular formula is C26H30N6. The summed E-state index contributed by atoms with van der Waals surface area (Å²) in [4.78, 5) is 8.89. The Kier molecular flexibility index (Phi) is 5.25. The third kappa shape index (κ3) is 3.85. The Balaban J connectivity index is 1.09. The summed E-state index contributed by atoms with van der Waals surface area (Å²) in [5.74, 6) is 0.842. The van der Waals surface area contributed by atoms with Gasteiger partial charge in [0.1, 0.15) is 12.7 Å². The third-order valence-corrected chi connectivity index (χ3v) is 7.43. The van der Waals surface area contributed by atoms with Crippen LogP contribution in [0.4, 0.5) is 0 Å². The van der Waals surface area contributed by atoms with E-state index in [1.807, 2.05) is 4.57 Å². The highest BCUT2D eigenvalue weighted by molar-refractivity contribution is 5.85. The molecule has 0 unspecified atom stereocenters. The summed E-state index contributed by atoms with van der Waals surface area (Å²) < 4.78 is 1.96. The molecular weight excluding hydrogens is 396 g/mol.